The van der Waals surface area contributed by atoms with Gasteiger partial charge in [-0.25, -0.2) is 0 Å². The van der Waals surface area contributed by atoms with Crippen LogP contribution in [0.4, 0.5) is 5.69 Å². The summed E-state index contributed by atoms with van der Waals surface area (Å²) in [4.78, 5) is 12.9. The highest BCUT2D eigenvalue weighted by Crippen LogP contribution is 2.30. The number of halogens is 1. The Labute approximate surface area is 139 Å². The van der Waals surface area contributed by atoms with Gasteiger partial charge < -0.3 is 14.8 Å². The molecule has 1 N–H and O–H groups in total. The van der Waals surface area contributed by atoms with Crippen LogP contribution in [-0.4, -0.2) is 24.9 Å². The number of benzene rings is 1. The Balaban J connectivity index is 2.09. The molecule has 0 fully saturated rings. The van der Waals surface area contributed by atoms with Crippen LogP contribution in [0.25, 0.3) is 0 Å². The highest BCUT2D eigenvalue weighted by Gasteiger charge is 2.19. The zero-order valence-corrected chi connectivity index (χ0v) is 14.1. The van der Waals surface area contributed by atoms with E-state index in [1.165, 1.54) is 11.8 Å². The minimum atomic E-state index is -0.177. The van der Waals surface area contributed by atoms with Crippen molar-refractivity contribution in [3.05, 3.63) is 46.0 Å². The van der Waals surface area contributed by atoms with Crippen LogP contribution in [0.2, 0.25) is 5.02 Å². The third-order valence-electron chi connectivity index (χ3n) is 2.93. The van der Waals surface area contributed by atoms with Crippen LogP contribution in [0.1, 0.15) is 13.8 Å². The Hall–Kier alpha value is -1.59. The molecule has 0 saturated carbocycles. The number of rotatable bonds is 5. The van der Waals surface area contributed by atoms with Gasteiger partial charge in [-0.1, -0.05) is 23.8 Å². The van der Waals surface area contributed by atoms with Crippen LogP contribution < -0.4 is 10.1 Å². The maximum Gasteiger partial charge on any atom is 0.265 e. The molecule has 4 nitrogen and oxygen atoms in total. The summed E-state index contributed by atoms with van der Waals surface area (Å²) in [7, 11) is 0. The highest BCUT2D eigenvalue weighted by atomic mass is 35.5. The number of nitrogens with one attached hydrogen (secondary N) is 1. The second-order valence-electron chi connectivity index (χ2n) is 4.56. The normalized spacial score (nSPS) is 14.9. The molecule has 1 aromatic rings. The number of ether oxygens (including phenoxy) is 2. The SMILES string of the molecule is C/C=C/COc1cc(NC(=O)C2=C(C)OCCS2)ccc1Cl. The molecule has 22 heavy (non-hydrogen) atoms. The molecular formula is C16H18ClNO3S. The molecule has 1 aliphatic rings. The molecule has 0 spiro atoms. The second-order valence-corrected chi connectivity index (χ2v) is 6.07. The van der Waals surface area contributed by atoms with Gasteiger partial charge in [0.15, 0.2) is 0 Å². The van der Waals surface area contributed by atoms with Crippen molar-refractivity contribution in [2.45, 2.75) is 13.8 Å². The van der Waals surface area contributed by atoms with E-state index < -0.39 is 0 Å². The molecule has 0 aromatic heterocycles. The standard InChI is InChI=1S/C16H18ClNO3S/c1-3-4-7-21-14-10-12(5-6-13(14)17)18-16(19)15-11(2)20-8-9-22-15/h3-6,10H,7-9H2,1-2H3,(H,18,19)/b4-3+. The minimum Gasteiger partial charge on any atom is -0.496 e. The third-order valence-corrected chi connectivity index (χ3v) is 4.38. The zero-order valence-electron chi connectivity index (χ0n) is 12.5. The molecule has 0 saturated heterocycles. The Kier molecular flexibility index (Phi) is 6.21. The molecule has 1 amide bonds. The lowest BCUT2D eigenvalue weighted by Gasteiger charge is -2.18. The van der Waals surface area contributed by atoms with Crippen LogP contribution in [0.15, 0.2) is 41.0 Å². The average molecular weight is 340 g/mol. The van der Waals surface area contributed by atoms with Crippen LogP contribution in [-0.2, 0) is 9.53 Å². The lowest BCUT2D eigenvalue weighted by molar-refractivity contribution is -0.112. The van der Waals surface area contributed by atoms with Crippen molar-refractivity contribution in [3.63, 3.8) is 0 Å². The molecule has 0 radical (unpaired) electrons. The molecule has 6 heteroatoms. The summed E-state index contributed by atoms with van der Waals surface area (Å²) in [6, 6.07) is 5.16. The zero-order chi connectivity index (χ0) is 15.9. The molecule has 118 valence electrons. The van der Waals surface area contributed by atoms with E-state index in [-0.39, 0.29) is 5.91 Å². The first-order chi connectivity index (χ1) is 10.6. The summed E-state index contributed by atoms with van der Waals surface area (Å²) in [5, 5.41) is 3.35. The van der Waals surface area contributed by atoms with Gasteiger partial charge in [-0.2, -0.15) is 0 Å². The quantitative estimate of drug-likeness (QED) is 0.815. The van der Waals surface area contributed by atoms with E-state index in [2.05, 4.69) is 5.32 Å². The summed E-state index contributed by atoms with van der Waals surface area (Å²) >= 11 is 7.59. The number of thioether (sulfide) groups is 1. The van der Waals surface area contributed by atoms with Gasteiger partial charge in [-0.15, -0.1) is 11.8 Å². The van der Waals surface area contributed by atoms with Crippen molar-refractivity contribution in [1.29, 1.82) is 0 Å². The molecule has 0 bridgehead atoms. The van der Waals surface area contributed by atoms with E-state index in [1.54, 1.807) is 25.1 Å². The summed E-state index contributed by atoms with van der Waals surface area (Å²) in [6.45, 7) is 4.79. The molecule has 0 aliphatic carbocycles. The predicted molar refractivity (Wildman–Crippen MR) is 91.5 cm³/mol. The van der Waals surface area contributed by atoms with E-state index in [1.807, 2.05) is 19.1 Å². The van der Waals surface area contributed by atoms with Gasteiger partial charge in [0.1, 0.15) is 23.0 Å². The Morgan fingerprint density at radius 1 is 1.55 bits per heavy atom. The fraction of sp³-hybridized carbons (Fsp3) is 0.312. The van der Waals surface area contributed by atoms with Gasteiger partial charge in [0.25, 0.3) is 5.91 Å². The number of carbonyl (C=O) groups is 1. The van der Waals surface area contributed by atoms with Crippen molar-refractivity contribution in [2.24, 2.45) is 0 Å². The Bertz CT molecular complexity index is 613. The van der Waals surface area contributed by atoms with Crippen molar-refractivity contribution in [2.75, 3.05) is 24.3 Å². The van der Waals surface area contributed by atoms with Crippen LogP contribution >= 0.6 is 23.4 Å². The first-order valence-electron chi connectivity index (χ1n) is 6.93. The minimum absolute atomic E-state index is 0.177. The van der Waals surface area contributed by atoms with Crippen molar-refractivity contribution in [1.82, 2.24) is 0 Å². The number of amides is 1. The molecule has 1 aromatic carbocycles. The summed E-state index contributed by atoms with van der Waals surface area (Å²) in [6.07, 6.45) is 3.78. The smallest absolute Gasteiger partial charge is 0.265 e. The first-order valence-corrected chi connectivity index (χ1v) is 8.29. The first kappa shape index (κ1) is 16.8. The van der Waals surface area contributed by atoms with E-state index in [0.29, 0.717) is 40.3 Å². The lowest BCUT2D eigenvalue weighted by Crippen LogP contribution is -2.18. The van der Waals surface area contributed by atoms with Gasteiger partial charge in [0.05, 0.1) is 11.6 Å². The van der Waals surface area contributed by atoms with E-state index in [0.717, 1.165) is 5.75 Å². The summed E-state index contributed by atoms with van der Waals surface area (Å²) < 4.78 is 11.0. The maximum atomic E-state index is 12.3. The largest absolute Gasteiger partial charge is 0.496 e. The van der Waals surface area contributed by atoms with Crippen molar-refractivity contribution >= 4 is 35.0 Å². The third kappa shape index (κ3) is 4.45. The number of hydrogen-bond donors (Lipinski definition) is 1. The monoisotopic (exact) mass is 339 g/mol. The molecule has 0 unspecified atom stereocenters. The van der Waals surface area contributed by atoms with Crippen LogP contribution in [0.5, 0.6) is 5.75 Å². The van der Waals surface area contributed by atoms with Gasteiger partial charge in [0.2, 0.25) is 0 Å². The number of anilines is 1. The lowest BCUT2D eigenvalue weighted by atomic mass is 10.3. The second kappa shape index (κ2) is 8.15. The topological polar surface area (TPSA) is 47.6 Å². The molecule has 1 aliphatic heterocycles. The average Bonchev–Trinajstić information content (AvgIpc) is 2.51. The maximum absolute atomic E-state index is 12.3. The molecule has 1 heterocycles. The number of hydrogen-bond acceptors (Lipinski definition) is 4. The fourth-order valence-corrected chi connectivity index (χ4v) is 2.83. The van der Waals surface area contributed by atoms with Gasteiger partial charge >= 0.3 is 0 Å². The summed E-state index contributed by atoms with van der Waals surface area (Å²) in [5.41, 5.74) is 0.636. The van der Waals surface area contributed by atoms with Crippen molar-refractivity contribution < 1.29 is 14.3 Å². The Morgan fingerprint density at radius 3 is 3.09 bits per heavy atom. The highest BCUT2D eigenvalue weighted by molar-refractivity contribution is 8.04. The van der Waals surface area contributed by atoms with Crippen molar-refractivity contribution in [3.8, 4) is 5.75 Å². The van der Waals surface area contributed by atoms with Gasteiger partial charge in [-0.05, 0) is 26.0 Å². The fourth-order valence-electron chi connectivity index (χ4n) is 1.84. The Morgan fingerprint density at radius 2 is 2.36 bits per heavy atom. The van der Waals surface area contributed by atoms with Crippen LogP contribution in [0.3, 0.4) is 0 Å². The predicted octanol–water partition coefficient (Wildman–Crippen LogP) is 4.23. The molecule has 0 atom stereocenters. The van der Waals surface area contributed by atoms with E-state index in [4.69, 9.17) is 21.1 Å². The number of carbonyl (C=O) groups excluding carboxylic acids is 1. The number of allylic oxidation sites excluding steroid dienone is 2. The van der Waals surface area contributed by atoms with Crippen LogP contribution in [0, 0.1) is 0 Å². The summed E-state index contributed by atoms with van der Waals surface area (Å²) in [5.74, 6) is 1.80. The molecular weight excluding hydrogens is 322 g/mol. The molecule has 2 rings (SSSR count). The van der Waals surface area contributed by atoms with E-state index >= 15 is 0 Å². The van der Waals surface area contributed by atoms with Gasteiger partial charge in [-0.3, -0.25) is 4.79 Å². The van der Waals surface area contributed by atoms with E-state index in [9.17, 15) is 4.79 Å². The van der Waals surface area contributed by atoms with Gasteiger partial charge in [0, 0.05) is 17.5 Å².